The maximum absolute atomic E-state index is 14.0. The first kappa shape index (κ1) is 18.4. The summed E-state index contributed by atoms with van der Waals surface area (Å²) in [5.74, 6) is -0.566. The second-order valence-corrected chi connectivity index (χ2v) is 5.37. The Hall–Kier alpha value is -2.99. The van der Waals surface area contributed by atoms with E-state index in [2.05, 4.69) is 15.6 Å². The van der Waals surface area contributed by atoms with E-state index < -0.39 is 5.82 Å². The van der Waals surface area contributed by atoms with Crippen LogP contribution in [0.3, 0.4) is 0 Å². The van der Waals surface area contributed by atoms with Gasteiger partial charge in [0.2, 0.25) is 0 Å². The lowest BCUT2D eigenvalue weighted by molar-refractivity contribution is -0.103. The van der Waals surface area contributed by atoms with Gasteiger partial charge in [-0.2, -0.15) is 0 Å². The number of allylic oxidation sites excluding steroid dienone is 2. The van der Waals surface area contributed by atoms with Crippen LogP contribution in [0.1, 0.15) is 15.9 Å². The highest BCUT2D eigenvalue weighted by Crippen LogP contribution is 2.23. The number of nitrogens with one attached hydrogen (secondary N) is 2. The number of hydrogen-bond acceptors (Lipinski definition) is 5. The first-order chi connectivity index (χ1) is 12.1. The normalized spacial score (nSPS) is 11.8. The third kappa shape index (κ3) is 4.74. The molecule has 0 fully saturated rings. The number of aromatic nitrogens is 1. The summed E-state index contributed by atoms with van der Waals surface area (Å²) < 4.78 is 14.0. The molecule has 0 amide bonds. The molecule has 5 nitrogen and oxygen atoms in total. The van der Waals surface area contributed by atoms with E-state index in [4.69, 9.17) is 11.6 Å². The predicted octanol–water partition coefficient (Wildman–Crippen LogP) is 3.44. The summed E-state index contributed by atoms with van der Waals surface area (Å²) in [4.78, 5) is 26.4. The Kier molecular flexibility index (Phi) is 6.42. The molecule has 0 saturated carbocycles. The molecule has 0 aliphatic carbocycles. The summed E-state index contributed by atoms with van der Waals surface area (Å²) in [6.07, 6.45) is 7.15. The molecule has 0 aliphatic heterocycles. The molecule has 128 valence electrons. The molecule has 2 N–H and O–H groups in total. The first-order valence-corrected chi connectivity index (χ1v) is 7.62. The van der Waals surface area contributed by atoms with Crippen molar-refractivity contribution < 1.29 is 14.0 Å². The van der Waals surface area contributed by atoms with Crippen LogP contribution < -0.4 is 10.6 Å². The van der Waals surface area contributed by atoms with Crippen LogP contribution in [0.25, 0.3) is 5.57 Å². The fraction of sp³-hybridized carbons (Fsp3) is 0.0556. The van der Waals surface area contributed by atoms with Gasteiger partial charge in [-0.1, -0.05) is 11.6 Å². The Morgan fingerprint density at radius 3 is 2.76 bits per heavy atom. The average Bonchev–Trinajstić information content (AvgIpc) is 2.62. The highest BCUT2D eigenvalue weighted by molar-refractivity contribution is 6.31. The molecule has 0 aliphatic rings. The third-order valence-corrected chi connectivity index (χ3v) is 3.47. The van der Waals surface area contributed by atoms with E-state index in [1.807, 2.05) is 0 Å². The van der Waals surface area contributed by atoms with E-state index in [0.29, 0.717) is 34.5 Å². The zero-order valence-corrected chi connectivity index (χ0v) is 14.0. The van der Waals surface area contributed by atoms with Crippen LogP contribution in [0.4, 0.5) is 10.1 Å². The van der Waals surface area contributed by atoms with Crippen LogP contribution >= 0.6 is 11.6 Å². The summed E-state index contributed by atoms with van der Waals surface area (Å²) in [5.41, 5.74) is 1.46. The van der Waals surface area contributed by atoms with Crippen molar-refractivity contribution in [2.45, 2.75) is 0 Å². The second-order valence-electron chi connectivity index (χ2n) is 4.94. The minimum atomic E-state index is -0.566. The molecule has 0 bridgehead atoms. The number of carbonyl (C=O) groups is 2. The van der Waals surface area contributed by atoms with E-state index in [9.17, 15) is 14.0 Å². The van der Waals surface area contributed by atoms with Crippen LogP contribution in [-0.2, 0) is 4.79 Å². The smallest absolute Gasteiger partial charge is 0.153 e. The molecule has 1 aromatic carbocycles. The van der Waals surface area contributed by atoms with E-state index in [0.717, 1.165) is 0 Å². The maximum Gasteiger partial charge on any atom is 0.153 e. The van der Waals surface area contributed by atoms with Gasteiger partial charge in [-0.3, -0.25) is 14.6 Å². The molecular weight excluding hydrogens is 345 g/mol. The number of carbonyl (C=O) groups excluding carboxylic acids is 2. The zero-order chi connectivity index (χ0) is 18.2. The van der Waals surface area contributed by atoms with Gasteiger partial charge in [0.25, 0.3) is 0 Å². The molecule has 25 heavy (non-hydrogen) atoms. The molecule has 1 aromatic heterocycles. The van der Waals surface area contributed by atoms with Crippen molar-refractivity contribution in [1.82, 2.24) is 10.3 Å². The van der Waals surface area contributed by atoms with Crippen molar-refractivity contribution in [2.24, 2.45) is 0 Å². The highest BCUT2D eigenvalue weighted by Gasteiger charge is 2.10. The topological polar surface area (TPSA) is 71.1 Å². The Morgan fingerprint density at radius 1 is 1.28 bits per heavy atom. The summed E-state index contributed by atoms with van der Waals surface area (Å²) in [5, 5.41) is 6.14. The van der Waals surface area contributed by atoms with Crippen molar-refractivity contribution >= 4 is 35.4 Å². The Bertz CT molecular complexity index is 850. The Labute approximate surface area is 149 Å². The van der Waals surface area contributed by atoms with Crippen LogP contribution in [0.2, 0.25) is 5.02 Å². The van der Waals surface area contributed by atoms with Gasteiger partial charge >= 0.3 is 0 Å². The minimum absolute atomic E-state index is 0.0802. The molecule has 0 atom stereocenters. The molecule has 2 aromatic rings. The average molecular weight is 360 g/mol. The third-order valence-electron chi connectivity index (χ3n) is 3.24. The standard InChI is InChI=1S/C18H15ClFN3O2/c1-21-9-15(23-18-4-5-22-8-13(18)11-25)6-12(10-24)16-7-14(19)2-3-17(16)20/h2-11,21H,1H3,(H,22,23)/b12-6+,15-9+. The predicted molar refractivity (Wildman–Crippen MR) is 95.8 cm³/mol. The molecule has 0 saturated heterocycles. The second kappa shape index (κ2) is 8.75. The Morgan fingerprint density at radius 2 is 2.08 bits per heavy atom. The number of hydrogen-bond donors (Lipinski definition) is 2. The van der Waals surface area contributed by atoms with Crippen LogP contribution in [0.15, 0.2) is 54.6 Å². The van der Waals surface area contributed by atoms with Crippen molar-refractivity contribution in [2.75, 3.05) is 12.4 Å². The number of pyridine rings is 1. The molecule has 2 rings (SSSR count). The fourth-order valence-corrected chi connectivity index (χ4v) is 2.27. The minimum Gasteiger partial charge on any atom is -0.392 e. The van der Waals surface area contributed by atoms with Gasteiger partial charge in [-0.15, -0.1) is 0 Å². The van der Waals surface area contributed by atoms with Gasteiger partial charge in [0.15, 0.2) is 12.6 Å². The number of aldehydes is 2. The lowest BCUT2D eigenvalue weighted by Gasteiger charge is -2.11. The number of anilines is 1. The summed E-state index contributed by atoms with van der Waals surface area (Å²) in [7, 11) is 1.67. The van der Waals surface area contributed by atoms with Crippen LogP contribution in [0.5, 0.6) is 0 Å². The van der Waals surface area contributed by atoms with E-state index in [1.165, 1.54) is 36.7 Å². The number of benzene rings is 1. The van der Waals surface area contributed by atoms with Crippen LogP contribution in [0, 0.1) is 5.82 Å². The molecular formula is C18H15ClFN3O2. The quantitative estimate of drug-likeness (QED) is 0.450. The largest absolute Gasteiger partial charge is 0.392 e. The summed E-state index contributed by atoms with van der Waals surface area (Å²) >= 11 is 5.89. The van der Waals surface area contributed by atoms with Gasteiger partial charge in [0.1, 0.15) is 5.82 Å². The van der Waals surface area contributed by atoms with E-state index >= 15 is 0 Å². The van der Waals surface area contributed by atoms with E-state index in [1.54, 1.807) is 19.3 Å². The monoisotopic (exact) mass is 359 g/mol. The van der Waals surface area contributed by atoms with Gasteiger partial charge in [-0.25, -0.2) is 4.39 Å². The lowest BCUT2D eigenvalue weighted by Crippen LogP contribution is -2.06. The highest BCUT2D eigenvalue weighted by atomic mass is 35.5. The maximum atomic E-state index is 14.0. The van der Waals surface area contributed by atoms with Gasteiger partial charge < -0.3 is 10.6 Å². The van der Waals surface area contributed by atoms with E-state index in [-0.39, 0.29) is 11.1 Å². The molecule has 7 heteroatoms. The number of rotatable bonds is 7. The Balaban J connectivity index is 2.43. The molecule has 1 heterocycles. The van der Waals surface area contributed by atoms with Crippen LogP contribution in [-0.4, -0.2) is 24.6 Å². The van der Waals surface area contributed by atoms with Crippen molar-refractivity contribution in [1.29, 1.82) is 0 Å². The fourth-order valence-electron chi connectivity index (χ4n) is 2.10. The lowest BCUT2D eigenvalue weighted by atomic mass is 10.1. The van der Waals surface area contributed by atoms with Gasteiger partial charge in [-0.05, 0) is 30.3 Å². The zero-order valence-electron chi connectivity index (χ0n) is 13.3. The SMILES string of the molecule is CN/C=C(\C=C(/C=O)c1cc(Cl)ccc1F)Nc1ccncc1C=O. The summed E-state index contributed by atoms with van der Waals surface area (Å²) in [6, 6.07) is 5.58. The summed E-state index contributed by atoms with van der Waals surface area (Å²) in [6.45, 7) is 0. The van der Waals surface area contributed by atoms with Gasteiger partial charge in [0, 0.05) is 41.8 Å². The first-order valence-electron chi connectivity index (χ1n) is 7.25. The number of nitrogens with zero attached hydrogens (tertiary/aromatic N) is 1. The van der Waals surface area contributed by atoms with Crippen molar-refractivity contribution in [3.05, 3.63) is 76.6 Å². The van der Waals surface area contributed by atoms with Gasteiger partial charge in [0.05, 0.1) is 16.9 Å². The molecule has 0 radical (unpaired) electrons. The molecule has 0 spiro atoms. The van der Waals surface area contributed by atoms with Crippen molar-refractivity contribution in [3.63, 3.8) is 0 Å². The number of halogens is 2. The molecule has 0 unspecified atom stereocenters. The van der Waals surface area contributed by atoms with Crippen molar-refractivity contribution in [3.8, 4) is 0 Å².